The van der Waals surface area contributed by atoms with E-state index in [-0.39, 0.29) is 0 Å². The van der Waals surface area contributed by atoms with Crippen LogP contribution >= 0.6 is 11.3 Å². The summed E-state index contributed by atoms with van der Waals surface area (Å²) in [5.41, 5.74) is 2.89. The first kappa shape index (κ1) is 12.8. The maximum absolute atomic E-state index is 4.42. The summed E-state index contributed by atoms with van der Waals surface area (Å²) in [5.74, 6) is 0.474. The van der Waals surface area contributed by atoms with Crippen LogP contribution in [0.2, 0.25) is 0 Å². The van der Waals surface area contributed by atoms with Gasteiger partial charge in [-0.05, 0) is 30.5 Å². The summed E-state index contributed by atoms with van der Waals surface area (Å²) in [6.07, 6.45) is 2.17. The Balaban J connectivity index is 1.80. The lowest BCUT2D eigenvalue weighted by molar-refractivity contribution is 0.530. The van der Waals surface area contributed by atoms with Crippen molar-refractivity contribution in [3.8, 4) is 0 Å². The molecule has 0 radical (unpaired) electrons. The average Bonchev–Trinajstić information content (AvgIpc) is 2.86. The van der Waals surface area contributed by atoms with Crippen LogP contribution in [-0.2, 0) is 6.42 Å². The highest BCUT2D eigenvalue weighted by atomic mass is 32.1. The van der Waals surface area contributed by atoms with E-state index in [1.807, 2.05) is 0 Å². The van der Waals surface area contributed by atoms with Crippen LogP contribution < -0.4 is 5.32 Å². The van der Waals surface area contributed by atoms with Crippen molar-refractivity contribution in [2.75, 3.05) is 6.54 Å². The fourth-order valence-electron chi connectivity index (χ4n) is 2.66. The summed E-state index contributed by atoms with van der Waals surface area (Å²) >= 11 is 1.77. The van der Waals surface area contributed by atoms with Crippen molar-refractivity contribution in [2.24, 2.45) is 0 Å². The van der Waals surface area contributed by atoms with Crippen LogP contribution in [0.4, 0.5) is 0 Å². The highest BCUT2D eigenvalue weighted by molar-refractivity contribution is 7.11. The Morgan fingerprint density at radius 2 is 2.16 bits per heavy atom. The highest BCUT2D eigenvalue weighted by Crippen LogP contribution is 2.41. The van der Waals surface area contributed by atoms with Crippen molar-refractivity contribution in [1.29, 1.82) is 0 Å². The number of nitrogens with one attached hydrogen (secondary N) is 1. The molecule has 3 nitrogen and oxygen atoms in total. The molecule has 1 aromatic carbocycles. The van der Waals surface area contributed by atoms with E-state index in [0.29, 0.717) is 12.0 Å². The van der Waals surface area contributed by atoms with Gasteiger partial charge in [0, 0.05) is 5.92 Å². The van der Waals surface area contributed by atoms with Gasteiger partial charge in [-0.2, -0.15) is 0 Å². The molecule has 0 bridgehead atoms. The van der Waals surface area contributed by atoms with Crippen molar-refractivity contribution < 1.29 is 0 Å². The molecule has 2 unspecified atom stereocenters. The van der Waals surface area contributed by atoms with Crippen molar-refractivity contribution in [3.05, 3.63) is 45.4 Å². The third-order valence-electron chi connectivity index (χ3n) is 3.77. The molecule has 19 heavy (non-hydrogen) atoms. The Bertz CT molecular complexity index is 564. The number of aromatic nitrogens is 2. The summed E-state index contributed by atoms with van der Waals surface area (Å²) in [4.78, 5) is 0. The summed E-state index contributed by atoms with van der Waals surface area (Å²) in [6.45, 7) is 5.29. The van der Waals surface area contributed by atoms with Gasteiger partial charge >= 0.3 is 0 Å². The van der Waals surface area contributed by atoms with Crippen molar-refractivity contribution in [1.82, 2.24) is 15.5 Å². The fraction of sp³-hybridized carbons (Fsp3) is 0.467. The van der Waals surface area contributed by atoms with Gasteiger partial charge in [0.15, 0.2) is 0 Å². The van der Waals surface area contributed by atoms with E-state index in [1.165, 1.54) is 16.1 Å². The molecule has 2 aromatic rings. The van der Waals surface area contributed by atoms with Gasteiger partial charge in [-0.15, -0.1) is 10.2 Å². The maximum Gasteiger partial charge on any atom is 0.134 e. The zero-order chi connectivity index (χ0) is 13.2. The first-order valence-electron chi connectivity index (χ1n) is 6.98. The van der Waals surface area contributed by atoms with E-state index in [0.717, 1.165) is 24.4 Å². The Hall–Kier alpha value is -1.26. The molecular formula is C15H19N3S. The van der Waals surface area contributed by atoms with Gasteiger partial charge in [0.25, 0.3) is 0 Å². The fourth-order valence-corrected chi connectivity index (χ4v) is 3.78. The number of fused-ring (bicyclic) bond motifs is 1. The molecule has 2 atom stereocenters. The predicted molar refractivity (Wildman–Crippen MR) is 78.6 cm³/mol. The molecule has 0 aliphatic heterocycles. The number of rotatable bonds is 5. The highest BCUT2D eigenvalue weighted by Gasteiger charge is 2.30. The first-order valence-corrected chi connectivity index (χ1v) is 7.79. The Morgan fingerprint density at radius 3 is 2.89 bits per heavy atom. The molecule has 4 heteroatoms. The van der Waals surface area contributed by atoms with Crippen molar-refractivity contribution in [2.45, 2.75) is 38.6 Å². The smallest absolute Gasteiger partial charge is 0.134 e. The van der Waals surface area contributed by atoms with E-state index in [1.54, 1.807) is 11.3 Å². The normalized spacial score (nSPS) is 18.7. The molecule has 0 amide bonds. The van der Waals surface area contributed by atoms with Gasteiger partial charge in [-0.3, -0.25) is 0 Å². The van der Waals surface area contributed by atoms with E-state index in [2.05, 4.69) is 53.6 Å². The molecule has 0 saturated heterocycles. The standard InChI is InChI=1S/C15H19N3S/c1-3-13(16-4-2)15-18-17-14(19-15)12-9-10-7-5-6-8-11(10)12/h5-8,12-13,16H,3-4,9H2,1-2H3. The summed E-state index contributed by atoms with van der Waals surface area (Å²) < 4.78 is 0. The molecule has 3 rings (SSSR count). The zero-order valence-corrected chi connectivity index (χ0v) is 12.2. The van der Waals surface area contributed by atoms with Crippen LogP contribution in [0.1, 0.15) is 53.4 Å². The number of benzene rings is 1. The molecule has 1 heterocycles. The summed E-state index contributed by atoms with van der Waals surface area (Å²) in [6, 6.07) is 9.00. The Labute approximate surface area is 118 Å². The third kappa shape index (κ3) is 2.30. The van der Waals surface area contributed by atoms with E-state index < -0.39 is 0 Å². The molecule has 0 saturated carbocycles. The molecule has 1 aromatic heterocycles. The maximum atomic E-state index is 4.42. The van der Waals surface area contributed by atoms with E-state index in [9.17, 15) is 0 Å². The molecular weight excluding hydrogens is 254 g/mol. The number of hydrogen-bond donors (Lipinski definition) is 1. The Kier molecular flexibility index (Phi) is 3.62. The quantitative estimate of drug-likeness (QED) is 0.908. The molecule has 1 aliphatic carbocycles. The average molecular weight is 273 g/mol. The molecule has 100 valence electrons. The largest absolute Gasteiger partial charge is 0.308 e. The predicted octanol–water partition coefficient (Wildman–Crippen LogP) is 3.29. The minimum Gasteiger partial charge on any atom is -0.308 e. The van der Waals surface area contributed by atoms with Crippen molar-refractivity contribution >= 4 is 11.3 Å². The lowest BCUT2D eigenvalue weighted by atomic mass is 9.78. The third-order valence-corrected chi connectivity index (χ3v) is 4.92. The Morgan fingerprint density at radius 1 is 1.32 bits per heavy atom. The minimum absolute atomic E-state index is 0.353. The first-order chi connectivity index (χ1) is 9.33. The topological polar surface area (TPSA) is 37.8 Å². The monoisotopic (exact) mass is 273 g/mol. The molecule has 0 fully saturated rings. The van der Waals surface area contributed by atoms with Gasteiger partial charge in [0.05, 0.1) is 6.04 Å². The van der Waals surface area contributed by atoms with Crippen LogP contribution in [-0.4, -0.2) is 16.7 Å². The van der Waals surface area contributed by atoms with Gasteiger partial charge in [-0.1, -0.05) is 49.4 Å². The van der Waals surface area contributed by atoms with E-state index in [4.69, 9.17) is 0 Å². The van der Waals surface area contributed by atoms with Crippen LogP contribution in [0, 0.1) is 0 Å². The SMILES string of the molecule is CCNC(CC)c1nnc(C2Cc3ccccc32)s1. The molecule has 1 N–H and O–H groups in total. The molecule has 0 spiro atoms. The second-order valence-electron chi connectivity index (χ2n) is 4.95. The summed E-state index contributed by atoms with van der Waals surface area (Å²) in [5, 5.41) is 14.6. The van der Waals surface area contributed by atoms with Crippen molar-refractivity contribution in [3.63, 3.8) is 0 Å². The zero-order valence-electron chi connectivity index (χ0n) is 11.4. The lowest BCUT2D eigenvalue weighted by Gasteiger charge is -2.27. The second kappa shape index (κ2) is 5.39. The van der Waals surface area contributed by atoms with Gasteiger partial charge in [0.2, 0.25) is 0 Å². The lowest BCUT2D eigenvalue weighted by Crippen LogP contribution is -2.19. The van der Waals surface area contributed by atoms with Crippen LogP contribution in [0.5, 0.6) is 0 Å². The van der Waals surface area contributed by atoms with E-state index >= 15 is 0 Å². The number of nitrogens with zero attached hydrogens (tertiary/aromatic N) is 2. The number of hydrogen-bond acceptors (Lipinski definition) is 4. The summed E-state index contributed by atoms with van der Waals surface area (Å²) in [7, 11) is 0. The molecule has 1 aliphatic rings. The van der Waals surface area contributed by atoms with Gasteiger partial charge < -0.3 is 5.32 Å². The van der Waals surface area contributed by atoms with Crippen LogP contribution in [0.3, 0.4) is 0 Å². The minimum atomic E-state index is 0.353. The second-order valence-corrected chi connectivity index (χ2v) is 5.99. The van der Waals surface area contributed by atoms with Gasteiger partial charge in [-0.25, -0.2) is 0 Å². The van der Waals surface area contributed by atoms with Gasteiger partial charge in [0.1, 0.15) is 10.0 Å². The van der Waals surface area contributed by atoms with Crippen LogP contribution in [0.25, 0.3) is 0 Å². The van der Waals surface area contributed by atoms with Crippen LogP contribution in [0.15, 0.2) is 24.3 Å².